The topological polar surface area (TPSA) is 41.6 Å². The number of ether oxygens (including phenoxy) is 1. The van der Waals surface area contributed by atoms with E-state index >= 15 is 0 Å². The molecular weight excluding hydrogens is 228 g/mol. The van der Waals surface area contributed by atoms with Crippen LogP contribution in [0.25, 0.3) is 0 Å². The van der Waals surface area contributed by atoms with E-state index in [9.17, 15) is 4.79 Å². The summed E-state index contributed by atoms with van der Waals surface area (Å²) >= 11 is 0. The van der Waals surface area contributed by atoms with Crippen LogP contribution < -0.4 is 5.32 Å². The molecule has 2 unspecified atom stereocenters. The predicted molar refractivity (Wildman–Crippen MR) is 75.8 cm³/mol. The second-order valence-electron chi connectivity index (χ2n) is 6.03. The fourth-order valence-corrected chi connectivity index (χ4v) is 1.45. The van der Waals surface area contributed by atoms with Crippen LogP contribution >= 0.6 is 0 Å². The van der Waals surface area contributed by atoms with Gasteiger partial charge in [-0.3, -0.25) is 0 Å². The first-order valence-electron chi connectivity index (χ1n) is 6.85. The highest BCUT2D eigenvalue weighted by Crippen LogP contribution is 2.09. The molecule has 0 radical (unpaired) electrons. The van der Waals surface area contributed by atoms with Crippen LogP contribution in [0.2, 0.25) is 0 Å². The van der Waals surface area contributed by atoms with E-state index in [0.717, 1.165) is 13.0 Å². The number of hydrogen-bond acceptors (Lipinski definition) is 3. The quantitative estimate of drug-likeness (QED) is 0.796. The van der Waals surface area contributed by atoms with E-state index in [1.165, 1.54) is 0 Å². The molecule has 4 nitrogen and oxygen atoms in total. The summed E-state index contributed by atoms with van der Waals surface area (Å²) in [6, 6.07) is 0.474. The van der Waals surface area contributed by atoms with Gasteiger partial charge in [-0.1, -0.05) is 20.3 Å². The van der Waals surface area contributed by atoms with Gasteiger partial charge in [-0.05, 0) is 33.6 Å². The van der Waals surface area contributed by atoms with Gasteiger partial charge in [0.2, 0.25) is 0 Å². The largest absolute Gasteiger partial charge is 0.444 e. The second-order valence-corrected chi connectivity index (χ2v) is 6.03. The van der Waals surface area contributed by atoms with Crippen molar-refractivity contribution in [3.8, 4) is 0 Å². The Bertz CT molecular complexity index is 249. The van der Waals surface area contributed by atoms with Crippen LogP contribution in [0.1, 0.15) is 48.0 Å². The number of nitrogens with one attached hydrogen (secondary N) is 1. The van der Waals surface area contributed by atoms with Crippen molar-refractivity contribution in [3.05, 3.63) is 0 Å². The molecule has 0 aliphatic heterocycles. The Labute approximate surface area is 112 Å². The monoisotopic (exact) mass is 258 g/mol. The summed E-state index contributed by atoms with van der Waals surface area (Å²) in [6.45, 7) is 13.7. The van der Waals surface area contributed by atoms with E-state index in [1.807, 2.05) is 20.8 Å². The zero-order chi connectivity index (χ0) is 14.3. The maximum absolute atomic E-state index is 11.7. The fourth-order valence-electron chi connectivity index (χ4n) is 1.45. The number of nitrogens with zero attached hydrogens (tertiary/aromatic N) is 1. The zero-order valence-corrected chi connectivity index (χ0v) is 13.0. The van der Waals surface area contributed by atoms with Crippen LogP contribution in [0.5, 0.6) is 0 Å². The number of likely N-dealkylation sites (N-methyl/N-ethyl adjacent to an activating group) is 1. The van der Waals surface area contributed by atoms with Crippen molar-refractivity contribution in [2.24, 2.45) is 5.92 Å². The first kappa shape index (κ1) is 17.2. The highest BCUT2D eigenvalue weighted by molar-refractivity contribution is 5.67. The van der Waals surface area contributed by atoms with Gasteiger partial charge in [0.1, 0.15) is 5.60 Å². The van der Waals surface area contributed by atoms with Crippen molar-refractivity contribution in [2.75, 3.05) is 20.1 Å². The highest BCUT2D eigenvalue weighted by Gasteiger charge is 2.19. The average Bonchev–Trinajstić information content (AvgIpc) is 2.25. The molecule has 18 heavy (non-hydrogen) atoms. The fraction of sp³-hybridized carbons (Fsp3) is 0.929. The molecule has 0 aliphatic rings. The molecule has 108 valence electrons. The summed E-state index contributed by atoms with van der Waals surface area (Å²) in [5.41, 5.74) is -0.428. The summed E-state index contributed by atoms with van der Waals surface area (Å²) in [5.74, 6) is 0.650. The van der Waals surface area contributed by atoms with Crippen molar-refractivity contribution in [2.45, 2.75) is 59.6 Å². The predicted octanol–water partition coefficient (Wildman–Crippen LogP) is 2.88. The van der Waals surface area contributed by atoms with Gasteiger partial charge in [0.25, 0.3) is 0 Å². The molecule has 0 bridgehead atoms. The van der Waals surface area contributed by atoms with Gasteiger partial charge in [0.05, 0.1) is 0 Å². The molecule has 1 amide bonds. The Hall–Kier alpha value is -0.770. The van der Waals surface area contributed by atoms with E-state index in [4.69, 9.17) is 4.74 Å². The lowest BCUT2D eigenvalue weighted by Gasteiger charge is -2.26. The maximum Gasteiger partial charge on any atom is 0.410 e. The Morgan fingerprint density at radius 3 is 2.33 bits per heavy atom. The standard InChI is InChI=1S/C14H30N2O2/c1-8-11(2)12(3)15-9-10-16(7)13(17)18-14(4,5)6/h11-12,15H,8-10H2,1-7H3. The van der Waals surface area contributed by atoms with Gasteiger partial charge in [-0.25, -0.2) is 4.79 Å². The molecule has 0 aliphatic carbocycles. The summed E-state index contributed by atoms with van der Waals surface area (Å²) in [6.07, 6.45) is 0.899. The Balaban J connectivity index is 3.90. The van der Waals surface area contributed by atoms with Crippen molar-refractivity contribution in [3.63, 3.8) is 0 Å². The maximum atomic E-state index is 11.7. The normalized spacial score (nSPS) is 15.1. The van der Waals surface area contributed by atoms with E-state index in [1.54, 1.807) is 11.9 Å². The van der Waals surface area contributed by atoms with Crippen LogP contribution in [0.3, 0.4) is 0 Å². The molecule has 0 aromatic heterocycles. The van der Waals surface area contributed by atoms with Crippen LogP contribution in [-0.2, 0) is 4.74 Å². The Morgan fingerprint density at radius 2 is 1.89 bits per heavy atom. The van der Waals surface area contributed by atoms with Gasteiger partial charge in [-0.2, -0.15) is 0 Å². The SMILES string of the molecule is CCC(C)C(C)NCCN(C)C(=O)OC(C)(C)C. The highest BCUT2D eigenvalue weighted by atomic mass is 16.6. The summed E-state index contributed by atoms with van der Waals surface area (Å²) in [5, 5.41) is 3.43. The Kier molecular flexibility index (Phi) is 7.29. The third kappa shape index (κ3) is 7.54. The van der Waals surface area contributed by atoms with E-state index < -0.39 is 5.60 Å². The second kappa shape index (κ2) is 7.62. The molecule has 0 saturated heterocycles. The van der Waals surface area contributed by atoms with Gasteiger partial charge >= 0.3 is 6.09 Å². The molecule has 0 saturated carbocycles. The molecule has 0 spiro atoms. The minimum absolute atomic E-state index is 0.263. The first-order valence-corrected chi connectivity index (χ1v) is 6.85. The summed E-state index contributed by atoms with van der Waals surface area (Å²) in [7, 11) is 1.77. The van der Waals surface area contributed by atoms with Crippen LogP contribution in [0.15, 0.2) is 0 Å². The number of rotatable bonds is 6. The first-order chi connectivity index (χ1) is 8.17. The smallest absolute Gasteiger partial charge is 0.410 e. The molecular formula is C14H30N2O2. The molecule has 0 aromatic carbocycles. The number of amides is 1. The van der Waals surface area contributed by atoms with Crippen LogP contribution in [0, 0.1) is 5.92 Å². The molecule has 0 aromatic rings. The van der Waals surface area contributed by atoms with Gasteiger partial charge in [0.15, 0.2) is 0 Å². The van der Waals surface area contributed by atoms with Gasteiger partial charge < -0.3 is 15.0 Å². The van der Waals surface area contributed by atoms with Crippen molar-refractivity contribution >= 4 is 6.09 Å². The number of carbonyl (C=O) groups excluding carboxylic acids is 1. The minimum atomic E-state index is -0.428. The summed E-state index contributed by atoms with van der Waals surface area (Å²) < 4.78 is 5.28. The molecule has 0 fully saturated rings. The summed E-state index contributed by atoms with van der Waals surface area (Å²) in [4.78, 5) is 13.3. The van der Waals surface area contributed by atoms with Gasteiger partial charge in [0, 0.05) is 26.2 Å². The third-order valence-electron chi connectivity index (χ3n) is 3.12. The lowest BCUT2D eigenvalue weighted by Crippen LogP contribution is -2.41. The van der Waals surface area contributed by atoms with E-state index in [2.05, 4.69) is 26.1 Å². The lowest BCUT2D eigenvalue weighted by atomic mass is 10.0. The third-order valence-corrected chi connectivity index (χ3v) is 3.12. The van der Waals surface area contributed by atoms with E-state index in [-0.39, 0.29) is 6.09 Å². The average molecular weight is 258 g/mol. The zero-order valence-electron chi connectivity index (χ0n) is 13.0. The molecule has 2 atom stereocenters. The van der Waals surface area contributed by atoms with Gasteiger partial charge in [-0.15, -0.1) is 0 Å². The number of hydrogen-bond donors (Lipinski definition) is 1. The molecule has 1 N–H and O–H groups in total. The molecule has 0 rings (SSSR count). The van der Waals surface area contributed by atoms with Crippen LogP contribution in [-0.4, -0.2) is 42.8 Å². The van der Waals surface area contributed by atoms with Crippen molar-refractivity contribution < 1.29 is 9.53 Å². The van der Waals surface area contributed by atoms with Crippen LogP contribution in [0.4, 0.5) is 4.79 Å². The van der Waals surface area contributed by atoms with Crippen molar-refractivity contribution in [1.82, 2.24) is 10.2 Å². The molecule has 0 heterocycles. The van der Waals surface area contributed by atoms with E-state index in [0.29, 0.717) is 18.5 Å². The minimum Gasteiger partial charge on any atom is -0.444 e. The molecule has 4 heteroatoms. The van der Waals surface area contributed by atoms with Crippen molar-refractivity contribution in [1.29, 1.82) is 0 Å². The Morgan fingerprint density at radius 1 is 1.33 bits per heavy atom. The lowest BCUT2D eigenvalue weighted by molar-refractivity contribution is 0.0299. The number of carbonyl (C=O) groups is 1.